The third-order valence-corrected chi connectivity index (χ3v) is 4.03. The summed E-state index contributed by atoms with van der Waals surface area (Å²) in [7, 11) is 0. The molecule has 0 N–H and O–H groups in total. The highest BCUT2D eigenvalue weighted by Crippen LogP contribution is 2.37. The average Bonchev–Trinajstić information content (AvgIpc) is 2.50. The number of aromatic nitrogens is 3. The van der Waals surface area contributed by atoms with Gasteiger partial charge in [0.1, 0.15) is 5.69 Å². The fourth-order valence-electron chi connectivity index (χ4n) is 3.10. The van der Waals surface area contributed by atoms with E-state index in [0.29, 0.717) is 25.1 Å². The molecular weight excluding hydrogens is 236 g/mol. The average molecular weight is 256 g/mol. The topological polar surface area (TPSA) is 21.7 Å². The zero-order chi connectivity index (χ0) is 12.6. The zero-order valence-corrected chi connectivity index (χ0v) is 10.7. The lowest BCUT2D eigenvalue weighted by Gasteiger charge is -2.18. The number of nitrogens with zero attached hydrogens (tertiary/aromatic N) is 3. The summed E-state index contributed by atoms with van der Waals surface area (Å²) >= 11 is 0. The van der Waals surface area contributed by atoms with E-state index in [4.69, 9.17) is 0 Å². The Balaban J connectivity index is 2.08. The first-order valence-electron chi connectivity index (χ1n) is 7.06. The van der Waals surface area contributed by atoms with Crippen LogP contribution in [0.1, 0.15) is 56.3 Å². The molecule has 5 heteroatoms. The van der Waals surface area contributed by atoms with E-state index in [9.17, 15) is 8.78 Å². The van der Waals surface area contributed by atoms with Crippen LogP contribution in [0, 0.1) is 0 Å². The van der Waals surface area contributed by atoms with Gasteiger partial charge in [0.2, 0.25) is 6.54 Å². The van der Waals surface area contributed by atoms with Crippen molar-refractivity contribution in [1.82, 2.24) is 9.78 Å². The molecule has 0 amide bonds. The van der Waals surface area contributed by atoms with E-state index in [1.165, 1.54) is 0 Å². The third kappa shape index (κ3) is 2.04. The molecule has 1 aromatic heterocycles. The SMILES string of the molecule is FC1(F)CCCCCc2n[n+]3n(c21)CCCCC3. The Kier molecular flexibility index (Phi) is 3.08. The smallest absolute Gasteiger partial charge is 0.199 e. The first kappa shape index (κ1) is 12.1. The summed E-state index contributed by atoms with van der Waals surface area (Å²) in [5.41, 5.74) is 0.853. The van der Waals surface area contributed by atoms with Crippen molar-refractivity contribution in [3.8, 4) is 0 Å². The third-order valence-electron chi connectivity index (χ3n) is 4.03. The second kappa shape index (κ2) is 4.59. The van der Waals surface area contributed by atoms with E-state index in [1.54, 1.807) is 9.48 Å². The number of rotatable bonds is 0. The fraction of sp³-hybridized carbons (Fsp3) is 0.846. The number of hydrogen-bond acceptors (Lipinski definition) is 1. The van der Waals surface area contributed by atoms with Gasteiger partial charge in [0, 0.05) is 17.9 Å². The Bertz CT molecular complexity index is 440. The van der Waals surface area contributed by atoms with Crippen LogP contribution < -0.4 is 4.80 Å². The highest BCUT2D eigenvalue weighted by molar-refractivity contribution is 5.16. The van der Waals surface area contributed by atoms with Crippen LogP contribution in [0.5, 0.6) is 0 Å². The van der Waals surface area contributed by atoms with Gasteiger partial charge < -0.3 is 0 Å². The van der Waals surface area contributed by atoms with E-state index in [1.807, 2.05) is 0 Å². The molecule has 18 heavy (non-hydrogen) atoms. The maximum Gasteiger partial charge on any atom is 0.295 e. The molecule has 1 aliphatic carbocycles. The minimum Gasteiger partial charge on any atom is -0.199 e. The number of halogens is 2. The second-order valence-electron chi connectivity index (χ2n) is 5.44. The van der Waals surface area contributed by atoms with Gasteiger partial charge in [-0.1, -0.05) is 6.42 Å². The van der Waals surface area contributed by atoms with Gasteiger partial charge >= 0.3 is 0 Å². The van der Waals surface area contributed by atoms with E-state index >= 15 is 0 Å². The minimum atomic E-state index is -2.70. The van der Waals surface area contributed by atoms with Crippen molar-refractivity contribution >= 4 is 0 Å². The van der Waals surface area contributed by atoms with Gasteiger partial charge in [-0.3, -0.25) is 0 Å². The Labute approximate surface area is 106 Å². The van der Waals surface area contributed by atoms with Crippen LogP contribution in [0.3, 0.4) is 0 Å². The second-order valence-corrected chi connectivity index (χ2v) is 5.44. The standard InChI is InChI=1S/C13H20F2N3/c14-13(15)8-4-1-3-7-11-12(13)17-9-5-2-6-10-18(17)16-11/h1-10H2/q+1. The van der Waals surface area contributed by atoms with Crippen molar-refractivity contribution in [2.45, 2.75) is 70.4 Å². The Morgan fingerprint density at radius 2 is 1.89 bits per heavy atom. The first-order valence-corrected chi connectivity index (χ1v) is 7.06. The van der Waals surface area contributed by atoms with Crippen LogP contribution in [-0.4, -0.2) is 9.78 Å². The first-order chi connectivity index (χ1) is 8.68. The van der Waals surface area contributed by atoms with Crippen LogP contribution >= 0.6 is 0 Å². The summed E-state index contributed by atoms with van der Waals surface area (Å²) < 4.78 is 30.4. The van der Waals surface area contributed by atoms with Gasteiger partial charge in [0.25, 0.3) is 5.92 Å². The van der Waals surface area contributed by atoms with Crippen molar-refractivity contribution < 1.29 is 13.6 Å². The van der Waals surface area contributed by atoms with Gasteiger partial charge in [-0.2, -0.15) is 8.78 Å². The lowest BCUT2D eigenvalue weighted by atomic mass is 9.98. The molecule has 3 rings (SSSR count). The molecule has 0 saturated carbocycles. The van der Waals surface area contributed by atoms with Crippen LogP contribution in [0.15, 0.2) is 0 Å². The fourth-order valence-corrected chi connectivity index (χ4v) is 3.10. The highest BCUT2D eigenvalue weighted by atomic mass is 19.3. The number of hydrogen-bond donors (Lipinski definition) is 0. The lowest BCUT2D eigenvalue weighted by molar-refractivity contribution is -0.825. The number of alkyl halides is 2. The summed E-state index contributed by atoms with van der Waals surface area (Å²) in [5, 5.41) is 4.45. The van der Waals surface area contributed by atoms with Crippen LogP contribution in [0.25, 0.3) is 0 Å². The molecule has 0 spiro atoms. The lowest BCUT2D eigenvalue weighted by Crippen LogP contribution is -2.46. The summed E-state index contributed by atoms with van der Waals surface area (Å²) in [6.07, 6.45) is 6.32. The van der Waals surface area contributed by atoms with Crippen LogP contribution in [0.4, 0.5) is 8.78 Å². The van der Waals surface area contributed by atoms with Crippen molar-refractivity contribution in [3.63, 3.8) is 0 Å². The van der Waals surface area contributed by atoms with Gasteiger partial charge in [-0.25, -0.2) is 0 Å². The van der Waals surface area contributed by atoms with Gasteiger partial charge in [-0.05, 0) is 36.9 Å². The molecule has 0 bridgehead atoms. The highest BCUT2D eigenvalue weighted by Gasteiger charge is 2.43. The maximum absolute atomic E-state index is 14.3. The molecule has 0 aromatic carbocycles. The molecule has 0 unspecified atom stereocenters. The normalized spacial score (nSPS) is 23.4. The molecule has 1 aromatic rings. The predicted octanol–water partition coefficient (Wildman–Crippen LogP) is 2.56. The van der Waals surface area contributed by atoms with Crippen LogP contribution in [-0.2, 0) is 25.4 Å². The molecule has 0 fully saturated rings. The molecule has 2 aliphatic rings. The Morgan fingerprint density at radius 3 is 2.78 bits per heavy atom. The van der Waals surface area contributed by atoms with Crippen molar-refractivity contribution in [2.24, 2.45) is 0 Å². The molecule has 2 heterocycles. The monoisotopic (exact) mass is 256 g/mol. The quantitative estimate of drug-likeness (QED) is 0.654. The molecule has 0 atom stereocenters. The number of fused-ring (bicyclic) bond motifs is 3. The van der Waals surface area contributed by atoms with E-state index in [2.05, 4.69) is 5.10 Å². The maximum atomic E-state index is 14.3. The minimum absolute atomic E-state index is 0.0221. The molecule has 1 aliphatic heterocycles. The predicted molar refractivity (Wildman–Crippen MR) is 62.3 cm³/mol. The zero-order valence-electron chi connectivity index (χ0n) is 10.7. The molecular formula is C13H20F2N3+. The van der Waals surface area contributed by atoms with E-state index in [0.717, 1.165) is 38.6 Å². The van der Waals surface area contributed by atoms with Gasteiger partial charge in [0.05, 0.1) is 6.54 Å². The molecule has 0 saturated heterocycles. The summed E-state index contributed by atoms with van der Waals surface area (Å²) in [6, 6.07) is 0. The Hall–Kier alpha value is -1.00. The summed E-state index contributed by atoms with van der Waals surface area (Å²) in [4.78, 5) is 1.79. The molecule has 100 valence electrons. The summed E-state index contributed by atoms with van der Waals surface area (Å²) in [5.74, 6) is -2.70. The largest absolute Gasteiger partial charge is 0.295 e. The van der Waals surface area contributed by atoms with Crippen molar-refractivity contribution in [2.75, 3.05) is 0 Å². The van der Waals surface area contributed by atoms with Crippen LogP contribution in [0.2, 0.25) is 0 Å². The molecule has 0 radical (unpaired) electrons. The van der Waals surface area contributed by atoms with E-state index in [-0.39, 0.29) is 12.1 Å². The van der Waals surface area contributed by atoms with Gasteiger partial charge in [0.15, 0.2) is 5.69 Å². The van der Waals surface area contributed by atoms with E-state index < -0.39 is 5.92 Å². The molecule has 3 nitrogen and oxygen atoms in total. The number of aryl methyl sites for hydroxylation is 2. The van der Waals surface area contributed by atoms with Gasteiger partial charge in [-0.15, -0.1) is 4.68 Å². The van der Waals surface area contributed by atoms with Crippen molar-refractivity contribution in [3.05, 3.63) is 11.4 Å². The summed E-state index contributed by atoms with van der Waals surface area (Å²) in [6.45, 7) is 1.47. The van der Waals surface area contributed by atoms with Crippen molar-refractivity contribution in [1.29, 1.82) is 0 Å². The Morgan fingerprint density at radius 1 is 1.06 bits per heavy atom.